The Kier molecular flexibility index (Phi) is 4.29. The topological polar surface area (TPSA) is 47.6 Å². The summed E-state index contributed by atoms with van der Waals surface area (Å²) < 4.78 is 0. The lowest BCUT2D eigenvalue weighted by Gasteiger charge is -2.33. The van der Waals surface area contributed by atoms with Crippen molar-refractivity contribution in [3.8, 4) is 0 Å². The zero-order chi connectivity index (χ0) is 17.4. The fourth-order valence-corrected chi connectivity index (χ4v) is 3.48. The molecule has 1 amide bonds. The Hall–Kier alpha value is -2.21. The molecule has 0 bridgehead atoms. The van der Waals surface area contributed by atoms with Gasteiger partial charge in [0.05, 0.1) is 15.6 Å². The van der Waals surface area contributed by atoms with E-state index < -0.39 is 0 Å². The third-order valence-corrected chi connectivity index (χ3v) is 5.20. The van der Waals surface area contributed by atoms with Crippen LogP contribution in [0.15, 0.2) is 60.6 Å². The number of amides is 1. The molecule has 0 aliphatic carbocycles. The Morgan fingerprint density at radius 1 is 1.04 bits per heavy atom. The Balaban J connectivity index is 1.57. The quantitative estimate of drug-likeness (QED) is 0.845. The minimum atomic E-state index is -0.162. The fourth-order valence-electron chi connectivity index (χ4n) is 3.10. The molecule has 2 heterocycles. The second-order valence-corrected chi connectivity index (χ2v) is 6.68. The number of nitrogens with one attached hydrogen (secondary N) is 2. The normalized spacial score (nSPS) is 19.3. The third kappa shape index (κ3) is 2.95. The number of hydrogen-bond donors (Lipinski definition) is 2. The van der Waals surface area contributed by atoms with Crippen LogP contribution in [-0.4, -0.2) is 28.8 Å². The van der Waals surface area contributed by atoms with E-state index in [1.165, 1.54) is 0 Å². The van der Waals surface area contributed by atoms with Crippen LogP contribution in [0.25, 0.3) is 0 Å². The molecular formula is C18H16Cl2N4O. The largest absolute Gasteiger partial charge is 0.333 e. The molecular weight excluding hydrogens is 359 g/mol. The van der Waals surface area contributed by atoms with E-state index in [1.54, 1.807) is 29.3 Å². The van der Waals surface area contributed by atoms with Crippen molar-refractivity contribution in [3.05, 3.63) is 81.7 Å². The SMILES string of the molecule is O=C(c1cccc(Cl)c1Cl)N1C=C2NNC(c3ccccc3)N2CC1. The molecule has 2 aliphatic rings. The minimum Gasteiger partial charge on any atom is -0.333 e. The average Bonchev–Trinajstić information content (AvgIpc) is 3.07. The molecule has 0 saturated carbocycles. The Morgan fingerprint density at radius 3 is 2.64 bits per heavy atom. The molecule has 4 rings (SSSR count). The highest BCUT2D eigenvalue weighted by molar-refractivity contribution is 6.43. The van der Waals surface area contributed by atoms with Crippen LogP contribution < -0.4 is 10.9 Å². The highest BCUT2D eigenvalue weighted by atomic mass is 35.5. The van der Waals surface area contributed by atoms with Gasteiger partial charge in [-0.05, 0) is 17.7 Å². The van der Waals surface area contributed by atoms with Crippen LogP contribution in [0.4, 0.5) is 0 Å². The van der Waals surface area contributed by atoms with Crippen LogP contribution in [0, 0.1) is 0 Å². The van der Waals surface area contributed by atoms with Crippen LogP contribution in [0.3, 0.4) is 0 Å². The molecule has 1 atom stereocenters. The van der Waals surface area contributed by atoms with E-state index >= 15 is 0 Å². The number of nitrogens with zero attached hydrogens (tertiary/aromatic N) is 2. The lowest BCUT2D eigenvalue weighted by Crippen LogP contribution is -2.41. The van der Waals surface area contributed by atoms with Crippen molar-refractivity contribution in [1.82, 2.24) is 20.7 Å². The van der Waals surface area contributed by atoms with Crippen molar-refractivity contribution < 1.29 is 4.79 Å². The molecule has 0 radical (unpaired) electrons. The second kappa shape index (κ2) is 6.59. The lowest BCUT2D eigenvalue weighted by molar-refractivity contribution is 0.0783. The molecule has 1 saturated heterocycles. The number of hydrazine groups is 1. The molecule has 1 unspecified atom stereocenters. The molecule has 25 heavy (non-hydrogen) atoms. The molecule has 0 spiro atoms. The highest BCUT2D eigenvalue weighted by Crippen LogP contribution is 2.30. The van der Waals surface area contributed by atoms with Gasteiger partial charge in [-0.3, -0.25) is 4.79 Å². The number of hydrogen-bond acceptors (Lipinski definition) is 4. The van der Waals surface area contributed by atoms with Crippen LogP contribution >= 0.6 is 23.2 Å². The van der Waals surface area contributed by atoms with E-state index in [0.29, 0.717) is 23.7 Å². The van der Waals surface area contributed by atoms with Crippen molar-refractivity contribution in [3.63, 3.8) is 0 Å². The monoisotopic (exact) mass is 374 g/mol. The van der Waals surface area contributed by atoms with Crippen molar-refractivity contribution in [2.45, 2.75) is 6.17 Å². The number of rotatable bonds is 2. The van der Waals surface area contributed by atoms with Gasteiger partial charge in [0, 0.05) is 19.3 Å². The van der Waals surface area contributed by atoms with Gasteiger partial charge in [-0.1, -0.05) is 59.6 Å². The summed E-state index contributed by atoms with van der Waals surface area (Å²) in [4.78, 5) is 16.6. The van der Waals surface area contributed by atoms with E-state index in [-0.39, 0.29) is 17.1 Å². The van der Waals surface area contributed by atoms with Crippen LogP contribution in [0.1, 0.15) is 22.1 Å². The van der Waals surface area contributed by atoms with Gasteiger partial charge in [0.25, 0.3) is 5.91 Å². The van der Waals surface area contributed by atoms with Crippen molar-refractivity contribution in [1.29, 1.82) is 0 Å². The van der Waals surface area contributed by atoms with Gasteiger partial charge < -0.3 is 15.2 Å². The molecule has 5 nitrogen and oxygen atoms in total. The van der Waals surface area contributed by atoms with Gasteiger partial charge in [-0.15, -0.1) is 0 Å². The maximum atomic E-state index is 12.8. The number of halogens is 2. The first kappa shape index (κ1) is 16.3. The van der Waals surface area contributed by atoms with Crippen LogP contribution in [-0.2, 0) is 0 Å². The first-order chi connectivity index (χ1) is 12.1. The Bertz CT molecular complexity index is 840. The van der Waals surface area contributed by atoms with Crippen molar-refractivity contribution in [2.75, 3.05) is 13.1 Å². The number of carbonyl (C=O) groups is 1. The predicted molar refractivity (Wildman–Crippen MR) is 97.7 cm³/mol. The zero-order valence-electron chi connectivity index (χ0n) is 13.2. The molecule has 1 fully saturated rings. The van der Waals surface area contributed by atoms with Crippen LogP contribution in [0.5, 0.6) is 0 Å². The lowest BCUT2D eigenvalue weighted by atomic mass is 10.1. The summed E-state index contributed by atoms with van der Waals surface area (Å²) in [6.07, 6.45) is 1.85. The highest BCUT2D eigenvalue weighted by Gasteiger charge is 2.33. The van der Waals surface area contributed by atoms with Gasteiger partial charge in [0.1, 0.15) is 12.0 Å². The summed E-state index contributed by atoms with van der Waals surface area (Å²) >= 11 is 12.2. The van der Waals surface area contributed by atoms with E-state index in [9.17, 15) is 4.79 Å². The number of carbonyl (C=O) groups excluding carboxylic acids is 1. The first-order valence-corrected chi connectivity index (χ1v) is 8.70. The summed E-state index contributed by atoms with van der Waals surface area (Å²) in [5, 5.41) is 0.665. The summed E-state index contributed by atoms with van der Waals surface area (Å²) in [5.74, 6) is 0.691. The van der Waals surface area contributed by atoms with Gasteiger partial charge in [-0.25, -0.2) is 5.43 Å². The predicted octanol–water partition coefficient (Wildman–Crippen LogP) is 3.36. The van der Waals surface area contributed by atoms with Gasteiger partial charge in [-0.2, -0.15) is 0 Å². The summed E-state index contributed by atoms with van der Waals surface area (Å²) in [6.45, 7) is 1.27. The van der Waals surface area contributed by atoms with E-state index in [4.69, 9.17) is 23.2 Å². The smallest absolute Gasteiger partial charge is 0.259 e. The summed E-state index contributed by atoms with van der Waals surface area (Å²) in [6, 6.07) is 15.3. The maximum absolute atomic E-state index is 12.8. The average molecular weight is 375 g/mol. The first-order valence-electron chi connectivity index (χ1n) is 7.95. The van der Waals surface area contributed by atoms with Crippen molar-refractivity contribution in [2.24, 2.45) is 0 Å². The zero-order valence-corrected chi connectivity index (χ0v) is 14.8. The van der Waals surface area contributed by atoms with Gasteiger partial charge in [0.15, 0.2) is 0 Å². The Labute approximate surface area is 155 Å². The maximum Gasteiger partial charge on any atom is 0.259 e. The van der Waals surface area contributed by atoms with Crippen LogP contribution in [0.2, 0.25) is 10.0 Å². The van der Waals surface area contributed by atoms with E-state index in [0.717, 1.165) is 11.4 Å². The number of fused-ring (bicyclic) bond motifs is 1. The standard InChI is InChI=1S/C18H16Cl2N4O/c19-14-8-4-7-13(16(14)20)18(25)23-9-10-24-15(11-23)21-22-17(24)12-5-2-1-3-6-12/h1-8,11,17,21-22H,9-10H2. The van der Waals surface area contributed by atoms with Crippen molar-refractivity contribution >= 4 is 29.1 Å². The van der Waals surface area contributed by atoms with Gasteiger partial charge >= 0.3 is 0 Å². The summed E-state index contributed by atoms with van der Waals surface area (Å²) in [7, 11) is 0. The molecule has 2 aliphatic heterocycles. The molecule has 0 aromatic heterocycles. The van der Waals surface area contributed by atoms with Gasteiger partial charge in [0.2, 0.25) is 0 Å². The molecule has 2 aromatic rings. The molecule has 2 aromatic carbocycles. The van der Waals surface area contributed by atoms with E-state index in [2.05, 4.69) is 27.9 Å². The Morgan fingerprint density at radius 2 is 1.84 bits per heavy atom. The second-order valence-electron chi connectivity index (χ2n) is 5.89. The summed E-state index contributed by atoms with van der Waals surface area (Å²) in [5.41, 5.74) is 7.98. The molecule has 7 heteroatoms. The molecule has 128 valence electrons. The third-order valence-electron chi connectivity index (χ3n) is 4.38. The number of benzene rings is 2. The minimum absolute atomic E-state index is 0.0412. The molecule has 2 N–H and O–H groups in total. The fraction of sp³-hybridized carbons (Fsp3) is 0.167. The van der Waals surface area contributed by atoms with E-state index in [1.807, 2.05) is 18.2 Å².